The topological polar surface area (TPSA) is 109 Å². The van der Waals surface area contributed by atoms with Crippen molar-refractivity contribution in [3.05, 3.63) is 101 Å². The van der Waals surface area contributed by atoms with Gasteiger partial charge in [0.15, 0.2) is 0 Å². The summed E-state index contributed by atoms with van der Waals surface area (Å²) in [6, 6.07) is 20.6. The maximum Gasteiger partial charge on any atom is 0.247 e. The SMILES string of the molecule is COc1cc(NC(=O)[C@@H](Cc2ccccc2)NC2=CC(=NO)c3ccccc3C2=O)cc(OC)c1. The summed E-state index contributed by atoms with van der Waals surface area (Å²) in [5.41, 5.74) is 2.70. The highest BCUT2D eigenvalue weighted by atomic mass is 16.5. The number of ether oxygens (including phenoxy) is 2. The zero-order valence-electron chi connectivity index (χ0n) is 19.3. The Morgan fingerprint density at radius 3 is 2.20 bits per heavy atom. The minimum Gasteiger partial charge on any atom is -0.497 e. The maximum atomic E-state index is 13.4. The van der Waals surface area contributed by atoms with Crippen LogP contribution in [0.15, 0.2) is 89.7 Å². The molecular formula is C27H25N3O5. The van der Waals surface area contributed by atoms with E-state index in [2.05, 4.69) is 15.8 Å². The molecule has 0 unspecified atom stereocenters. The van der Waals surface area contributed by atoms with Crippen LogP contribution in [0, 0.1) is 0 Å². The minimum atomic E-state index is -0.810. The number of nitrogens with one attached hydrogen (secondary N) is 2. The fourth-order valence-corrected chi connectivity index (χ4v) is 3.88. The van der Waals surface area contributed by atoms with Crippen LogP contribution in [0.2, 0.25) is 0 Å². The number of hydrogen-bond acceptors (Lipinski definition) is 7. The Balaban J connectivity index is 1.64. The van der Waals surface area contributed by atoms with Crippen molar-refractivity contribution >= 4 is 23.1 Å². The van der Waals surface area contributed by atoms with Gasteiger partial charge in [0.1, 0.15) is 23.3 Å². The van der Waals surface area contributed by atoms with Gasteiger partial charge in [-0.25, -0.2) is 0 Å². The van der Waals surface area contributed by atoms with Crippen LogP contribution in [0.25, 0.3) is 0 Å². The summed E-state index contributed by atoms with van der Waals surface area (Å²) in [5.74, 6) is 0.400. The first kappa shape index (κ1) is 23.6. The predicted molar refractivity (Wildman–Crippen MR) is 132 cm³/mol. The molecule has 178 valence electrons. The van der Waals surface area contributed by atoms with Crippen LogP contribution in [-0.2, 0) is 11.2 Å². The Bertz CT molecular complexity index is 1280. The van der Waals surface area contributed by atoms with E-state index in [0.717, 1.165) is 5.56 Å². The number of amides is 1. The zero-order valence-corrected chi connectivity index (χ0v) is 19.3. The molecule has 0 spiro atoms. The van der Waals surface area contributed by atoms with Crippen molar-refractivity contribution in [2.45, 2.75) is 12.5 Å². The summed E-state index contributed by atoms with van der Waals surface area (Å²) < 4.78 is 10.6. The molecule has 0 saturated carbocycles. The number of carbonyl (C=O) groups excluding carboxylic acids is 2. The summed E-state index contributed by atoms with van der Waals surface area (Å²) in [6.07, 6.45) is 1.76. The largest absolute Gasteiger partial charge is 0.497 e. The Hall–Kier alpha value is -4.59. The summed E-state index contributed by atoms with van der Waals surface area (Å²) >= 11 is 0. The summed E-state index contributed by atoms with van der Waals surface area (Å²) in [4.78, 5) is 26.6. The number of oxime groups is 1. The molecule has 0 aromatic heterocycles. The second-order valence-electron chi connectivity index (χ2n) is 7.90. The fraction of sp³-hybridized carbons (Fsp3) is 0.148. The molecule has 3 N–H and O–H groups in total. The number of Topliss-reactive ketones (excluding diaryl/α,β-unsaturated/α-hetero) is 1. The lowest BCUT2D eigenvalue weighted by molar-refractivity contribution is -0.117. The van der Waals surface area contributed by atoms with Gasteiger partial charge in [0.25, 0.3) is 0 Å². The third-order valence-electron chi connectivity index (χ3n) is 5.63. The molecule has 1 aliphatic rings. The van der Waals surface area contributed by atoms with Crippen LogP contribution in [0.5, 0.6) is 11.5 Å². The van der Waals surface area contributed by atoms with E-state index in [1.165, 1.54) is 20.3 Å². The van der Waals surface area contributed by atoms with Gasteiger partial charge in [0.2, 0.25) is 11.7 Å². The van der Waals surface area contributed by atoms with Crippen molar-refractivity contribution in [1.29, 1.82) is 0 Å². The number of hydrogen-bond donors (Lipinski definition) is 3. The molecule has 3 aromatic carbocycles. The second kappa shape index (κ2) is 10.6. The average molecular weight is 472 g/mol. The molecule has 8 nitrogen and oxygen atoms in total. The highest BCUT2D eigenvalue weighted by molar-refractivity contribution is 6.26. The molecule has 1 aliphatic carbocycles. The van der Waals surface area contributed by atoms with E-state index in [4.69, 9.17) is 9.47 Å². The second-order valence-corrected chi connectivity index (χ2v) is 7.90. The molecule has 3 aromatic rings. The number of rotatable bonds is 8. The van der Waals surface area contributed by atoms with Crippen molar-refractivity contribution < 1.29 is 24.3 Å². The Morgan fingerprint density at radius 1 is 0.943 bits per heavy atom. The van der Waals surface area contributed by atoms with Crippen molar-refractivity contribution in [3.63, 3.8) is 0 Å². The van der Waals surface area contributed by atoms with Gasteiger partial charge in [-0.05, 0) is 11.6 Å². The van der Waals surface area contributed by atoms with Gasteiger partial charge in [0.05, 0.1) is 19.9 Å². The van der Waals surface area contributed by atoms with E-state index in [1.807, 2.05) is 30.3 Å². The lowest BCUT2D eigenvalue weighted by atomic mass is 9.91. The molecule has 0 heterocycles. The molecule has 8 heteroatoms. The molecule has 35 heavy (non-hydrogen) atoms. The summed E-state index contributed by atoms with van der Waals surface area (Å²) in [6.45, 7) is 0. The molecule has 4 rings (SSSR count). The van der Waals surface area contributed by atoms with Crippen LogP contribution >= 0.6 is 0 Å². The van der Waals surface area contributed by atoms with Gasteiger partial charge in [0, 0.05) is 41.4 Å². The van der Waals surface area contributed by atoms with Gasteiger partial charge < -0.3 is 25.3 Å². The van der Waals surface area contributed by atoms with Crippen LogP contribution in [0.3, 0.4) is 0 Å². The van der Waals surface area contributed by atoms with Crippen molar-refractivity contribution in [2.75, 3.05) is 19.5 Å². The van der Waals surface area contributed by atoms with E-state index < -0.39 is 6.04 Å². The van der Waals surface area contributed by atoms with E-state index >= 15 is 0 Å². The highest BCUT2D eigenvalue weighted by Gasteiger charge is 2.28. The van der Waals surface area contributed by atoms with Gasteiger partial charge in [-0.1, -0.05) is 59.8 Å². The number of anilines is 1. The van der Waals surface area contributed by atoms with Gasteiger partial charge in [-0.2, -0.15) is 0 Å². The van der Waals surface area contributed by atoms with E-state index in [0.29, 0.717) is 34.7 Å². The molecule has 0 radical (unpaired) electrons. The predicted octanol–water partition coefficient (Wildman–Crippen LogP) is 3.80. The summed E-state index contributed by atoms with van der Waals surface area (Å²) in [7, 11) is 3.05. The molecule has 0 aliphatic heterocycles. The van der Waals surface area contributed by atoms with Gasteiger partial charge >= 0.3 is 0 Å². The Kier molecular flexibility index (Phi) is 7.11. The number of benzene rings is 3. The normalized spacial score (nSPS) is 14.5. The molecular weight excluding hydrogens is 446 g/mol. The molecule has 0 saturated heterocycles. The van der Waals surface area contributed by atoms with E-state index in [-0.39, 0.29) is 23.1 Å². The molecule has 1 amide bonds. The van der Waals surface area contributed by atoms with Crippen LogP contribution in [0.1, 0.15) is 21.5 Å². The monoisotopic (exact) mass is 471 g/mol. The zero-order chi connectivity index (χ0) is 24.8. The first-order valence-corrected chi connectivity index (χ1v) is 10.9. The number of fused-ring (bicyclic) bond motifs is 1. The fourth-order valence-electron chi connectivity index (χ4n) is 3.88. The molecule has 0 fully saturated rings. The van der Waals surface area contributed by atoms with Gasteiger partial charge in [-0.15, -0.1) is 0 Å². The first-order chi connectivity index (χ1) is 17.0. The van der Waals surface area contributed by atoms with E-state index in [9.17, 15) is 14.8 Å². The average Bonchev–Trinajstić information content (AvgIpc) is 2.90. The Morgan fingerprint density at radius 2 is 1.57 bits per heavy atom. The maximum absolute atomic E-state index is 13.4. The number of nitrogens with zero attached hydrogens (tertiary/aromatic N) is 1. The highest BCUT2D eigenvalue weighted by Crippen LogP contribution is 2.26. The van der Waals surface area contributed by atoms with E-state index in [1.54, 1.807) is 42.5 Å². The van der Waals surface area contributed by atoms with Crippen LogP contribution in [-0.4, -0.2) is 42.9 Å². The van der Waals surface area contributed by atoms with Crippen molar-refractivity contribution in [1.82, 2.24) is 5.32 Å². The van der Waals surface area contributed by atoms with Gasteiger partial charge in [-0.3, -0.25) is 9.59 Å². The number of ketones is 1. The van der Waals surface area contributed by atoms with Crippen LogP contribution in [0.4, 0.5) is 5.69 Å². The van der Waals surface area contributed by atoms with Crippen molar-refractivity contribution in [3.8, 4) is 11.5 Å². The molecule has 0 bridgehead atoms. The Labute approximate surface area is 202 Å². The number of carbonyl (C=O) groups is 2. The van der Waals surface area contributed by atoms with Crippen molar-refractivity contribution in [2.24, 2.45) is 5.16 Å². The minimum absolute atomic E-state index is 0.163. The third-order valence-corrected chi connectivity index (χ3v) is 5.63. The smallest absolute Gasteiger partial charge is 0.247 e. The van der Waals surface area contributed by atoms with Crippen LogP contribution < -0.4 is 20.1 Å². The lowest BCUT2D eigenvalue weighted by Crippen LogP contribution is -2.44. The first-order valence-electron chi connectivity index (χ1n) is 10.9. The number of methoxy groups -OCH3 is 2. The standard InChI is InChI=1S/C27H25N3O5/c1-34-19-13-18(14-20(15-19)35-2)28-27(32)25(12-17-8-4-3-5-9-17)29-24-16-23(30-33)21-10-6-7-11-22(21)26(24)31/h3-11,13-16,25,29,33H,12H2,1-2H3,(H,28,32)/t25-/m1/s1. The summed E-state index contributed by atoms with van der Waals surface area (Å²) in [5, 5.41) is 18.8. The molecule has 1 atom stereocenters. The quantitative estimate of drug-likeness (QED) is 0.341. The number of allylic oxidation sites excluding steroid dienone is 2. The third kappa shape index (κ3) is 5.33. The lowest BCUT2D eigenvalue weighted by Gasteiger charge is -2.24.